The third-order valence-electron chi connectivity index (χ3n) is 2.55. The van der Waals surface area contributed by atoms with Crippen LogP contribution in [0.2, 0.25) is 0 Å². The molecule has 0 aliphatic heterocycles. The van der Waals surface area contributed by atoms with Gasteiger partial charge in [0, 0.05) is 32.5 Å². The summed E-state index contributed by atoms with van der Waals surface area (Å²) in [6, 6.07) is 5.90. The van der Waals surface area contributed by atoms with Crippen molar-refractivity contribution >= 4 is 5.69 Å². The van der Waals surface area contributed by atoms with Gasteiger partial charge in [-0.25, -0.2) is 0 Å². The summed E-state index contributed by atoms with van der Waals surface area (Å²) in [7, 11) is 3.27. The highest BCUT2D eigenvalue weighted by Gasteiger charge is 2.01. The van der Waals surface area contributed by atoms with E-state index in [-0.39, 0.29) is 6.79 Å². The average molecular weight is 269 g/mol. The van der Waals surface area contributed by atoms with E-state index in [4.69, 9.17) is 18.9 Å². The van der Waals surface area contributed by atoms with E-state index in [1.165, 1.54) is 5.56 Å². The molecule has 0 bridgehead atoms. The van der Waals surface area contributed by atoms with Crippen molar-refractivity contribution in [3.8, 4) is 5.75 Å². The Hall–Kier alpha value is -1.30. The lowest BCUT2D eigenvalue weighted by Gasteiger charge is -2.12. The molecule has 0 radical (unpaired) electrons. The molecule has 1 N–H and O–H groups in total. The lowest BCUT2D eigenvalue weighted by molar-refractivity contribution is 0.0511. The smallest absolute Gasteiger partial charge is 0.188 e. The summed E-state index contributed by atoms with van der Waals surface area (Å²) in [5.41, 5.74) is 2.21. The van der Waals surface area contributed by atoms with Crippen LogP contribution >= 0.6 is 0 Å². The van der Waals surface area contributed by atoms with E-state index in [0.717, 1.165) is 18.0 Å². The summed E-state index contributed by atoms with van der Waals surface area (Å²) >= 11 is 0. The zero-order valence-electron chi connectivity index (χ0n) is 11.9. The predicted octanol–water partition coefficient (Wildman–Crippen LogP) is 2.05. The Kier molecular flexibility index (Phi) is 7.97. The molecule has 108 valence electrons. The fourth-order valence-corrected chi connectivity index (χ4v) is 1.51. The van der Waals surface area contributed by atoms with Crippen molar-refractivity contribution in [2.24, 2.45) is 0 Å². The lowest BCUT2D eigenvalue weighted by Crippen LogP contribution is -2.12. The van der Waals surface area contributed by atoms with Gasteiger partial charge < -0.3 is 24.3 Å². The van der Waals surface area contributed by atoms with Gasteiger partial charge in [0.15, 0.2) is 6.79 Å². The Labute approximate surface area is 114 Å². The summed E-state index contributed by atoms with van der Waals surface area (Å²) < 4.78 is 20.6. The molecular weight excluding hydrogens is 246 g/mol. The molecule has 0 saturated heterocycles. The molecule has 0 heterocycles. The molecule has 0 atom stereocenters. The summed E-state index contributed by atoms with van der Waals surface area (Å²) in [6.45, 7) is 4.94. The van der Waals surface area contributed by atoms with Gasteiger partial charge >= 0.3 is 0 Å². The van der Waals surface area contributed by atoms with Crippen LogP contribution in [0.4, 0.5) is 5.69 Å². The van der Waals surface area contributed by atoms with Gasteiger partial charge in [-0.2, -0.15) is 0 Å². The van der Waals surface area contributed by atoms with Gasteiger partial charge in [-0.05, 0) is 18.6 Å². The van der Waals surface area contributed by atoms with Crippen LogP contribution in [-0.2, 0) is 14.2 Å². The van der Waals surface area contributed by atoms with Crippen LogP contribution in [-0.4, -0.2) is 47.4 Å². The minimum atomic E-state index is 0.253. The van der Waals surface area contributed by atoms with Crippen LogP contribution < -0.4 is 10.1 Å². The van der Waals surface area contributed by atoms with E-state index in [0.29, 0.717) is 19.8 Å². The van der Waals surface area contributed by atoms with E-state index >= 15 is 0 Å². The molecule has 1 aromatic rings. The van der Waals surface area contributed by atoms with Crippen LogP contribution in [0.3, 0.4) is 0 Å². The molecule has 0 fully saturated rings. The number of ether oxygens (including phenoxy) is 4. The topological polar surface area (TPSA) is 49.0 Å². The largest absolute Gasteiger partial charge is 0.467 e. The quantitative estimate of drug-likeness (QED) is 0.520. The maximum Gasteiger partial charge on any atom is 0.188 e. The number of rotatable bonds is 10. The first kappa shape index (κ1) is 15.8. The molecule has 0 spiro atoms. The molecule has 5 nitrogen and oxygen atoms in total. The highest BCUT2D eigenvalue weighted by atomic mass is 16.7. The van der Waals surface area contributed by atoms with Gasteiger partial charge in [0.2, 0.25) is 0 Å². The molecule has 1 aromatic carbocycles. The van der Waals surface area contributed by atoms with Crippen LogP contribution in [0.25, 0.3) is 0 Å². The van der Waals surface area contributed by atoms with Crippen molar-refractivity contribution in [1.29, 1.82) is 0 Å². The Morgan fingerprint density at radius 2 is 1.89 bits per heavy atom. The standard InChI is InChI=1S/C14H23NO4/c1-12-4-5-13(19-11-17-3)10-14(12)15-6-7-18-9-8-16-2/h4-5,10,15H,6-9,11H2,1-3H3. The third kappa shape index (κ3) is 6.42. The number of nitrogens with one attached hydrogen (secondary N) is 1. The second kappa shape index (κ2) is 9.61. The second-order valence-corrected chi connectivity index (χ2v) is 4.06. The zero-order valence-corrected chi connectivity index (χ0v) is 11.9. The summed E-state index contributed by atoms with van der Waals surface area (Å²) in [6.07, 6.45) is 0. The van der Waals surface area contributed by atoms with Crippen LogP contribution in [0, 0.1) is 6.92 Å². The first-order valence-electron chi connectivity index (χ1n) is 6.31. The summed E-state index contributed by atoms with van der Waals surface area (Å²) in [5.74, 6) is 0.787. The van der Waals surface area contributed by atoms with E-state index in [2.05, 4.69) is 5.32 Å². The van der Waals surface area contributed by atoms with E-state index < -0.39 is 0 Å². The van der Waals surface area contributed by atoms with Gasteiger partial charge in [-0.3, -0.25) is 0 Å². The molecule has 0 unspecified atom stereocenters. The zero-order chi connectivity index (χ0) is 13.9. The molecule has 0 aliphatic rings. The Morgan fingerprint density at radius 1 is 1.05 bits per heavy atom. The monoisotopic (exact) mass is 269 g/mol. The average Bonchev–Trinajstić information content (AvgIpc) is 2.43. The maximum absolute atomic E-state index is 5.40. The van der Waals surface area contributed by atoms with Gasteiger partial charge in [0.1, 0.15) is 5.75 Å². The van der Waals surface area contributed by atoms with Crippen LogP contribution in [0.5, 0.6) is 5.75 Å². The molecule has 1 rings (SSSR count). The van der Waals surface area contributed by atoms with Gasteiger partial charge in [0.25, 0.3) is 0 Å². The SMILES string of the molecule is COCCOCCNc1cc(OCOC)ccc1C. The minimum Gasteiger partial charge on any atom is -0.467 e. The summed E-state index contributed by atoms with van der Waals surface area (Å²) in [4.78, 5) is 0. The van der Waals surface area contributed by atoms with Crippen molar-refractivity contribution in [3.05, 3.63) is 23.8 Å². The van der Waals surface area contributed by atoms with Crippen LogP contribution in [0.1, 0.15) is 5.56 Å². The lowest BCUT2D eigenvalue weighted by atomic mass is 10.2. The number of anilines is 1. The highest BCUT2D eigenvalue weighted by Crippen LogP contribution is 2.21. The normalized spacial score (nSPS) is 10.5. The molecule has 0 saturated carbocycles. The Balaban J connectivity index is 2.34. The van der Waals surface area contributed by atoms with Gasteiger partial charge in [0.05, 0.1) is 19.8 Å². The van der Waals surface area contributed by atoms with E-state index in [1.54, 1.807) is 14.2 Å². The maximum atomic E-state index is 5.40. The number of benzene rings is 1. The minimum absolute atomic E-state index is 0.253. The summed E-state index contributed by atoms with van der Waals surface area (Å²) in [5, 5.41) is 3.32. The molecule has 0 aromatic heterocycles. The van der Waals surface area contributed by atoms with Crippen LogP contribution in [0.15, 0.2) is 18.2 Å². The van der Waals surface area contributed by atoms with E-state index in [1.807, 2.05) is 25.1 Å². The molecule has 0 amide bonds. The second-order valence-electron chi connectivity index (χ2n) is 4.06. The fourth-order valence-electron chi connectivity index (χ4n) is 1.51. The Bertz CT molecular complexity index is 357. The van der Waals surface area contributed by atoms with Gasteiger partial charge in [-0.1, -0.05) is 6.07 Å². The molecule has 19 heavy (non-hydrogen) atoms. The van der Waals surface area contributed by atoms with Crippen molar-refractivity contribution in [3.63, 3.8) is 0 Å². The first-order valence-corrected chi connectivity index (χ1v) is 6.31. The van der Waals surface area contributed by atoms with Crippen molar-refractivity contribution in [2.45, 2.75) is 6.92 Å². The van der Waals surface area contributed by atoms with Crippen molar-refractivity contribution < 1.29 is 18.9 Å². The number of aryl methyl sites for hydroxylation is 1. The van der Waals surface area contributed by atoms with E-state index in [9.17, 15) is 0 Å². The number of hydrogen-bond donors (Lipinski definition) is 1. The molecule has 5 heteroatoms. The molecule has 0 aliphatic carbocycles. The number of methoxy groups -OCH3 is 2. The van der Waals surface area contributed by atoms with Gasteiger partial charge in [-0.15, -0.1) is 0 Å². The predicted molar refractivity (Wildman–Crippen MR) is 74.9 cm³/mol. The fraction of sp³-hybridized carbons (Fsp3) is 0.571. The first-order chi connectivity index (χ1) is 9.27. The molecular formula is C14H23NO4. The number of hydrogen-bond acceptors (Lipinski definition) is 5. The highest BCUT2D eigenvalue weighted by molar-refractivity contribution is 5.54. The van der Waals surface area contributed by atoms with Crippen molar-refractivity contribution in [1.82, 2.24) is 0 Å². The third-order valence-corrected chi connectivity index (χ3v) is 2.55. The Morgan fingerprint density at radius 3 is 2.63 bits per heavy atom. The van der Waals surface area contributed by atoms with Crippen molar-refractivity contribution in [2.75, 3.05) is 52.7 Å².